The molecule has 4 nitrogen and oxygen atoms in total. The Morgan fingerprint density at radius 3 is 3.00 bits per heavy atom. The summed E-state index contributed by atoms with van der Waals surface area (Å²) in [7, 11) is 4.18. The van der Waals surface area contributed by atoms with Gasteiger partial charge in [-0.1, -0.05) is 6.92 Å². The minimum atomic E-state index is 0.424. The lowest BCUT2D eigenvalue weighted by Crippen LogP contribution is -2.45. The van der Waals surface area contributed by atoms with Crippen molar-refractivity contribution in [2.24, 2.45) is 0 Å². The van der Waals surface area contributed by atoms with Crippen molar-refractivity contribution in [1.82, 2.24) is 15.1 Å². The normalized spacial score (nSPS) is 22.9. The molecule has 4 heteroatoms. The lowest BCUT2D eigenvalue weighted by Gasteiger charge is -2.33. The molecule has 1 fully saturated rings. The van der Waals surface area contributed by atoms with E-state index in [4.69, 9.17) is 4.74 Å². The van der Waals surface area contributed by atoms with Gasteiger partial charge in [-0.15, -0.1) is 0 Å². The summed E-state index contributed by atoms with van der Waals surface area (Å²) in [5, 5.41) is 3.18. The molecule has 1 aliphatic rings. The van der Waals surface area contributed by atoms with Gasteiger partial charge in [0.15, 0.2) is 0 Å². The molecule has 0 unspecified atom stereocenters. The number of morpholine rings is 1. The quantitative estimate of drug-likeness (QED) is 0.677. The minimum absolute atomic E-state index is 0.424. The van der Waals surface area contributed by atoms with Crippen LogP contribution in [0.2, 0.25) is 0 Å². The number of likely N-dealkylation sites (N-methyl/N-ethyl adjacent to an activating group) is 1. The number of nitrogens with zero attached hydrogens (tertiary/aromatic N) is 2. The Kier molecular flexibility index (Phi) is 6.96. The molecular weight excluding hydrogens is 202 g/mol. The van der Waals surface area contributed by atoms with Gasteiger partial charge in [0.1, 0.15) is 0 Å². The second kappa shape index (κ2) is 8.01. The molecule has 1 rings (SSSR count). The van der Waals surface area contributed by atoms with E-state index in [0.717, 1.165) is 45.8 Å². The van der Waals surface area contributed by atoms with E-state index < -0.39 is 0 Å². The SMILES string of the molecule is CCN(C)CCN1CCO[C@H](CCNC)C1. The van der Waals surface area contributed by atoms with E-state index in [2.05, 4.69) is 29.1 Å². The summed E-state index contributed by atoms with van der Waals surface area (Å²) in [6.45, 7) is 9.80. The van der Waals surface area contributed by atoms with Gasteiger partial charge in [-0.2, -0.15) is 0 Å². The molecule has 0 aromatic rings. The monoisotopic (exact) mass is 229 g/mol. The summed E-state index contributed by atoms with van der Waals surface area (Å²) in [5.41, 5.74) is 0. The second-order valence-corrected chi connectivity index (χ2v) is 4.58. The van der Waals surface area contributed by atoms with Crippen LogP contribution in [0, 0.1) is 0 Å². The lowest BCUT2D eigenvalue weighted by atomic mass is 10.2. The van der Waals surface area contributed by atoms with Crippen molar-refractivity contribution in [3.8, 4) is 0 Å². The van der Waals surface area contributed by atoms with E-state index in [1.165, 1.54) is 6.54 Å². The molecule has 0 radical (unpaired) electrons. The van der Waals surface area contributed by atoms with Crippen molar-refractivity contribution in [1.29, 1.82) is 0 Å². The smallest absolute Gasteiger partial charge is 0.0714 e. The van der Waals surface area contributed by atoms with Crippen LogP contribution < -0.4 is 5.32 Å². The van der Waals surface area contributed by atoms with Crippen molar-refractivity contribution in [2.75, 3.05) is 60.0 Å². The molecule has 0 amide bonds. The maximum Gasteiger partial charge on any atom is 0.0714 e. The first kappa shape index (κ1) is 13.9. The minimum Gasteiger partial charge on any atom is -0.376 e. The third-order valence-electron chi connectivity index (χ3n) is 3.28. The molecule has 1 heterocycles. The van der Waals surface area contributed by atoms with Crippen LogP contribution in [0.3, 0.4) is 0 Å². The van der Waals surface area contributed by atoms with Crippen LogP contribution in [0.5, 0.6) is 0 Å². The summed E-state index contributed by atoms with van der Waals surface area (Å²) in [6.07, 6.45) is 1.55. The molecular formula is C12H27N3O. The molecule has 96 valence electrons. The van der Waals surface area contributed by atoms with Crippen molar-refractivity contribution < 1.29 is 4.74 Å². The molecule has 0 saturated carbocycles. The molecule has 0 spiro atoms. The zero-order valence-corrected chi connectivity index (χ0v) is 11.0. The fraction of sp³-hybridized carbons (Fsp3) is 1.00. The van der Waals surface area contributed by atoms with Crippen molar-refractivity contribution >= 4 is 0 Å². The number of nitrogens with one attached hydrogen (secondary N) is 1. The summed E-state index contributed by atoms with van der Waals surface area (Å²) >= 11 is 0. The third kappa shape index (κ3) is 5.25. The van der Waals surface area contributed by atoms with Gasteiger partial charge < -0.3 is 15.0 Å². The molecule has 0 bridgehead atoms. The Morgan fingerprint density at radius 1 is 1.50 bits per heavy atom. The number of rotatable bonds is 7. The van der Waals surface area contributed by atoms with Crippen LogP contribution >= 0.6 is 0 Å². The van der Waals surface area contributed by atoms with Gasteiger partial charge >= 0.3 is 0 Å². The van der Waals surface area contributed by atoms with E-state index >= 15 is 0 Å². The van der Waals surface area contributed by atoms with Crippen LogP contribution in [0.4, 0.5) is 0 Å². The first-order valence-electron chi connectivity index (χ1n) is 6.43. The molecule has 0 aromatic carbocycles. The van der Waals surface area contributed by atoms with Gasteiger partial charge in [-0.25, -0.2) is 0 Å². The van der Waals surface area contributed by atoms with Crippen LogP contribution in [-0.2, 0) is 4.74 Å². The Morgan fingerprint density at radius 2 is 2.31 bits per heavy atom. The van der Waals surface area contributed by atoms with E-state index in [-0.39, 0.29) is 0 Å². The largest absolute Gasteiger partial charge is 0.376 e. The topological polar surface area (TPSA) is 27.7 Å². The van der Waals surface area contributed by atoms with Gasteiger partial charge in [-0.05, 0) is 33.6 Å². The van der Waals surface area contributed by atoms with Gasteiger partial charge in [-0.3, -0.25) is 4.90 Å². The zero-order valence-electron chi connectivity index (χ0n) is 11.0. The van der Waals surface area contributed by atoms with Crippen LogP contribution in [-0.4, -0.2) is 75.9 Å². The molecule has 1 saturated heterocycles. The lowest BCUT2D eigenvalue weighted by molar-refractivity contribution is -0.0328. The molecule has 0 aliphatic carbocycles. The van der Waals surface area contributed by atoms with Crippen LogP contribution in [0.25, 0.3) is 0 Å². The Hall–Kier alpha value is -0.160. The third-order valence-corrected chi connectivity index (χ3v) is 3.28. The Balaban J connectivity index is 2.17. The molecule has 1 N–H and O–H groups in total. The van der Waals surface area contributed by atoms with Gasteiger partial charge in [0.25, 0.3) is 0 Å². The highest BCUT2D eigenvalue weighted by Gasteiger charge is 2.19. The zero-order chi connectivity index (χ0) is 11.8. The maximum atomic E-state index is 5.75. The first-order chi connectivity index (χ1) is 7.76. The Labute approximate surface area is 99.9 Å². The highest BCUT2D eigenvalue weighted by atomic mass is 16.5. The highest BCUT2D eigenvalue weighted by molar-refractivity contribution is 4.72. The summed E-state index contributed by atoms with van der Waals surface area (Å²) < 4.78 is 5.75. The summed E-state index contributed by atoms with van der Waals surface area (Å²) in [4.78, 5) is 4.88. The molecule has 1 aliphatic heterocycles. The van der Waals surface area contributed by atoms with E-state index in [1.54, 1.807) is 0 Å². The second-order valence-electron chi connectivity index (χ2n) is 4.58. The summed E-state index contributed by atoms with van der Waals surface area (Å²) in [5.74, 6) is 0. The first-order valence-corrected chi connectivity index (χ1v) is 6.43. The van der Waals surface area contributed by atoms with Crippen molar-refractivity contribution in [3.05, 3.63) is 0 Å². The van der Waals surface area contributed by atoms with E-state index in [1.807, 2.05) is 7.05 Å². The summed E-state index contributed by atoms with van der Waals surface area (Å²) in [6, 6.07) is 0. The van der Waals surface area contributed by atoms with Gasteiger partial charge in [0.2, 0.25) is 0 Å². The van der Waals surface area contributed by atoms with Crippen molar-refractivity contribution in [2.45, 2.75) is 19.4 Å². The van der Waals surface area contributed by atoms with Crippen LogP contribution in [0.1, 0.15) is 13.3 Å². The van der Waals surface area contributed by atoms with E-state index in [0.29, 0.717) is 6.10 Å². The Bertz CT molecular complexity index is 178. The fourth-order valence-corrected chi connectivity index (χ4v) is 1.93. The standard InChI is InChI=1S/C12H27N3O/c1-4-14(3)7-8-15-9-10-16-12(11-15)5-6-13-2/h12-13H,4-11H2,1-3H3/t12-/m1/s1. The van der Waals surface area contributed by atoms with Crippen molar-refractivity contribution in [3.63, 3.8) is 0 Å². The van der Waals surface area contributed by atoms with E-state index in [9.17, 15) is 0 Å². The van der Waals surface area contributed by atoms with Crippen LogP contribution in [0.15, 0.2) is 0 Å². The van der Waals surface area contributed by atoms with Gasteiger partial charge in [0.05, 0.1) is 12.7 Å². The predicted octanol–water partition coefficient (Wildman–Crippen LogP) is 0.248. The molecule has 0 aromatic heterocycles. The number of ether oxygens (including phenoxy) is 1. The average Bonchev–Trinajstić information content (AvgIpc) is 2.34. The maximum absolute atomic E-state index is 5.75. The number of hydrogen-bond donors (Lipinski definition) is 1. The predicted molar refractivity (Wildman–Crippen MR) is 67.9 cm³/mol. The number of hydrogen-bond acceptors (Lipinski definition) is 4. The fourth-order valence-electron chi connectivity index (χ4n) is 1.93. The average molecular weight is 229 g/mol. The van der Waals surface area contributed by atoms with Gasteiger partial charge in [0, 0.05) is 26.2 Å². The highest BCUT2D eigenvalue weighted by Crippen LogP contribution is 2.07. The molecule has 1 atom stereocenters. The molecule has 16 heavy (non-hydrogen) atoms.